The fourth-order valence-electron chi connectivity index (χ4n) is 3.56. The van der Waals surface area contributed by atoms with E-state index in [0.29, 0.717) is 27.3 Å². The molecule has 5 nitrogen and oxygen atoms in total. The molecule has 0 N–H and O–H groups in total. The van der Waals surface area contributed by atoms with Crippen LogP contribution in [0.2, 0.25) is 10.0 Å². The number of likely N-dealkylation sites (N-methyl/N-ethyl adjacent to an activating group) is 1. The normalized spacial score (nSPS) is 14.9. The Labute approximate surface area is 208 Å². The molecule has 2 aromatic heterocycles. The molecule has 8 heteroatoms. The summed E-state index contributed by atoms with van der Waals surface area (Å²) in [5.41, 5.74) is 2.41. The third-order valence-electron chi connectivity index (χ3n) is 5.78. The Balaban J connectivity index is 1.91. The van der Waals surface area contributed by atoms with Crippen LogP contribution in [0.1, 0.15) is 49.7 Å². The summed E-state index contributed by atoms with van der Waals surface area (Å²) >= 11 is 14.3. The average molecular weight is 499 g/mol. The van der Waals surface area contributed by atoms with Gasteiger partial charge in [0.1, 0.15) is 11.2 Å². The molecule has 0 fully saturated rings. The van der Waals surface area contributed by atoms with E-state index in [-0.39, 0.29) is 5.91 Å². The molecule has 1 amide bonds. The molecule has 0 spiro atoms. The molecular formula is C25H24Cl2N4OS. The Morgan fingerprint density at radius 3 is 2.58 bits per heavy atom. The maximum absolute atomic E-state index is 12.5. The summed E-state index contributed by atoms with van der Waals surface area (Å²) in [4.78, 5) is 20.7. The molecule has 33 heavy (non-hydrogen) atoms. The van der Waals surface area contributed by atoms with Crippen LogP contribution in [0.4, 0.5) is 0 Å². The van der Waals surface area contributed by atoms with Gasteiger partial charge in [0.2, 0.25) is 0 Å². The topological polar surface area (TPSA) is 50.5 Å². The molecule has 3 aromatic rings. The third-order valence-corrected chi connectivity index (χ3v) is 7.33. The first-order valence-electron chi connectivity index (χ1n) is 10.7. The number of rotatable bonds is 4. The fourth-order valence-corrected chi connectivity index (χ4v) is 5.02. The minimum atomic E-state index is -0.728. The van der Waals surface area contributed by atoms with E-state index in [1.807, 2.05) is 55.6 Å². The number of aliphatic imine (C=N–C) groups is 1. The van der Waals surface area contributed by atoms with E-state index in [1.165, 1.54) is 0 Å². The van der Waals surface area contributed by atoms with Crippen molar-refractivity contribution in [3.63, 3.8) is 0 Å². The predicted molar refractivity (Wildman–Crippen MR) is 137 cm³/mol. The Morgan fingerprint density at radius 1 is 1.18 bits per heavy atom. The molecule has 3 heterocycles. The van der Waals surface area contributed by atoms with Crippen molar-refractivity contribution in [2.45, 2.75) is 46.1 Å². The van der Waals surface area contributed by atoms with Gasteiger partial charge in [-0.2, -0.15) is 10.1 Å². The number of amidine groups is 1. The van der Waals surface area contributed by atoms with E-state index < -0.39 is 5.54 Å². The lowest BCUT2D eigenvalue weighted by Gasteiger charge is -2.27. The van der Waals surface area contributed by atoms with Gasteiger partial charge in [0, 0.05) is 24.1 Å². The Bertz CT molecular complexity index is 1340. The van der Waals surface area contributed by atoms with E-state index >= 15 is 0 Å². The maximum Gasteiger partial charge on any atom is 0.273 e. The summed E-state index contributed by atoms with van der Waals surface area (Å²) in [6.45, 7) is 7.82. The van der Waals surface area contributed by atoms with Crippen LogP contribution in [0, 0.1) is 18.8 Å². The second-order valence-electron chi connectivity index (χ2n) is 8.40. The van der Waals surface area contributed by atoms with Crippen molar-refractivity contribution in [1.29, 1.82) is 0 Å². The van der Waals surface area contributed by atoms with Gasteiger partial charge in [-0.05, 0) is 57.5 Å². The lowest BCUT2D eigenvalue weighted by Crippen LogP contribution is -2.44. The van der Waals surface area contributed by atoms with E-state index in [9.17, 15) is 4.79 Å². The molecule has 0 unspecified atom stereocenters. The molecule has 0 saturated carbocycles. The third kappa shape index (κ3) is 4.21. The van der Waals surface area contributed by atoms with Gasteiger partial charge in [-0.15, -0.1) is 11.3 Å². The maximum atomic E-state index is 12.5. The van der Waals surface area contributed by atoms with Gasteiger partial charge >= 0.3 is 0 Å². The molecule has 0 bridgehead atoms. The average Bonchev–Trinajstić information content (AvgIpc) is 3.40. The zero-order chi connectivity index (χ0) is 23.9. The van der Waals surface area contributed by atoms with Crippen molar-refractivity contribution in [3.05, 3.63) is 56.5 Å². The van der Waals surface area contributed by atoms with Gasteiger partial charge in [0.15, 0.2) is 5.84 Å². The highest BCUT2D eigenvalue weighted by Gasteiger charge is 2.42. The summed E-state index contributed by atoms with van der Waals surface area (Å²) < 4.78 is 1.81. The SMILES string of the molecule is CCCC#Cc1ccc(-c2c(C)c(C3=NC(=O)C(C)(C)N3C)nn2-c2ccc(Cl)cc2Cl)s1. The molecule has 4 rings (SSSR count). The summed E-state index contributed by atoms with van der Waals surface area (Å²) in [7, 11) is 1.86. The van der Waals surface area contributed by atoms with Crippen LogP contribution >= 0.6 is 34.5 Å². The van der Waals surface area contributed by atoms with Crippen molar-refractivity contribution in [2.24, 2.45) is 4.99 Å². The highest BCUT2D eigenvalue weighted by atomic mass is 35.5. The minimum absolute atomic E-state index is 0.190. The summed E-state index contributed by atoms with van der Waals surface area (Å²) in [6.07, 6.45) is 1.89. The molecular weight excluding hydrogens is 475 g/mol. The first-order valence-corrected chi connectivity index (χ1v) is 12.2. The quantitative estimate of drug-likeness (QED) is 0.393. The number of unbranched alkanes of at least 4 members (excludes halogenated alkanes) is 1. The molecule has 0 saturated heterocycles. The highest BCUT2D eigenvalue weighted by Crippen LogP contribution is 2.37. The molecule has 1 aliphatic rings. The number of carbonyl (C=O) groups excluding carboxylic acids is 1. The predicted octanol–water partition coefficient (Wildman–Crippen LogP) is 6.36. The monoisotopic (exact) mass is 498 g/mol. The summed E-state index contributed by atoms with van der Waals surface area (Å²) in [5.74, 6) is 6.80. The van der Waals surface area contributed by atoms with Crippen molar-refractivity contribution in [1.82, 2.24) is 14.7 Å². The van der Waals surface area contributed by atoms with Crippen LogP contribution < -0.4 is 0 Å². The summed E-state index contributed by atoms with van der Waals surface area (Å²) in [5, 5.41) is 5.93. The van der Waals surface area contributed by atoms with Gasteiger partial charge in [-0.25, -0.2) is 4.68 Å². The Kier molecular flexibility index (Phi) is 6.41. The van der Waals surface area contributed by atoms with Crippen LogP contribution in [-0.4, -0.2) is 39.0 Å². The Hall–Kier alpha value is -2.59. The number of aromatic nitrogens is 2. The molecule has 0 radical (unpaired) electrons. The number of hydrogen-bond acceptors (Lipinski definition) is 4. The molecule has 0 aliphatic carbocycles. The second kappa shape index (κ2) is 8.98. The number of carbonyl (C=O) groups is 1. The minimum Gasteiger partial charge on any atom is -0.343 e. The lowest BCUT2D eigenvalue weighted by atomic mass is 10.0. The van der Waals surface area contributed by atoms with Crippen LogP contribution in [-0.2, 0) is 4.79 Å². The van der Waals surface area contributed by atoms with Crippen molar-refractivity contribution >= 4 is 46.3 Å². The first kappa shape index (κ1) is 23.6. The number of benzene rings is 1. The van der Waals surface area contributed by atoms with Crippen molar-refractivity contribution in [3.8, 4) is 28.1 Å². The standard InChI is InChI=1S/C25H24Cl2N4OS/c1-6-7-8-9-17-11-13-20(33-17)22-15(2)21(23-28-24(32)25(3,4)30(23)5)29-31(22)19-12-10-16(26)14-18(19)27/h10-14H,6-7H2,1-5H3. The number of nitrogens with zero attached hydrogens (tertiary/aromatic N) is 4. The molecule has 1 aliphatic heterocycles. The number of hydrogen-bond donors (Lipinski definition) is 0. The van der Waals surface area contributed by atoms with Crippen molar-refractivity contribution < 1.29 is 4.79 Å². The smallest absolute Gasteiger partial charge is 0.273 e. The first-order chi connectivity index (χ1) is 15.6. The van der Waals surface area contributed by atoms with Gasteiger partial charge in [-0.1, -0.05) is 42.0 Å². The van der Waals surface area contributed by atoms with Crippen LogP contribution in [0.25, 0.3) is 16.3 Å². The van der Waals surface area contributed by atoms with Crippen LogP contribution in [0.5, 0.6) is 0 Å². The number of amides is 1. The molecule has 0 atom stereocenters. The van der Waals surface area contributed by atoms with Crippen molar-refractivity contribution in [2.75, 3.05) is 7.05 Å². The van der Waals surface area contributed by atoms with E-state index in [1.54, 1.807) is 23.5 Å². The molecule has 1 aromatic carbocycles. The van der Waals surface area contributed by atoms with Gasteiger partial charge in [0.05, 0.1) is 26.2 Å². The lowest BCUT2D eigenvalue weighted by molar-refractivity contribution is -0.123. The zero-order valence-electron chi connectivity index (χ0n) is 19.2. The number of halogens is 2. The largest absolute Gasteiger partial charge is 0.343 e. The van der Waals surface area contributed by atoms with Gasteiger partial charge < -0.3 is 4.90 Å². The van der Waals surface area contributed by atoms with Crippen LogP contribution in [0.3, 0.4) is 0 Å². The van der Waals surface area contributed by atoms with E-state index in [4.69, 9.17) is 28.3 Å². The van der Waals surface area contributed by atoms with Gasteiger partial charge in [0.25, 0.3) is 5.91 Å². The van der Waals surface area contributed by atoms with Crippen LogP contribution in [0.15, 0.2) is 35.3 Å². The van der Waals surface area contributed by atoms with E-state index in [0.717, 1.165) is 33.9 Å². The fraction of sp³-hybridized carbons (Fsp3) is 0.320. The van der Waals surface area contributed by atoms with E-state index in [2.05, 4.69) is 23.8 Å². The summed E-state index contributed by atoms with van der Waals surface area (Å²) in [6, 6.07) is 9.39. The second-order valence-corrected chi connectivity index (χ2v) is 10.3. The zero-order valence-corrected chi connectivity index (χ0v) is 21.5. The Morgan fingerprint density at radius 2 is 1.94 bits per heavy atom. The number of thiophene rings is 1. The van der Waals surface area contributed by atoms with Gasteiger partial charge in [-0.3, -0.25) is 4.79 Å². The highest BCUT2D eigenvalue weighted by molar-refractivity contribution is 7.16. The molecule has 170 valence electrons.